The van der Waals surface area contributed by atoms with Crippen LogP contribution in [0.1, 0.15) is 31.6 Å². The summed E-state index contributed by atoms with van der Waals surface area (Å²) in [6.07, 6.45) is 2.14. The summed E-state index contributed by atoms with van der Waals surface area (Å²) in [4.78, 5) is 26.0. The van der Waals surface area contributed by atoms with E-state index in [1.807, 2.05) is 6.92 Å². The lowest BCUT2D eigenvalue weighted by Gasteiger charge is -2.23. The molecule has 0 saturated carbocycles. The van der Waals surface area contributed by atoms with Crippen molar-refractivity contribution >= 4 is 21.7 Å². The zero-order chi connectivity index (χ0) is 16.6. The predicted octanol–water partition coefficient (Wildman–Crippen LogP) is 0.492. The van der Waals surface area contributed by atoms with Gasteiger partial charge in [-0.25, -0.2) is 8.42 Å². The van der Waals surface area contributed by atoms with Crippen molar-refractivity contribution < 1.29 is 22.4 Å². The molecule has 23 heavy (non-hydrogen) atoms. The average molecular weight is 340 g/mol. The third-order valence-electron chi connectivity index (χ3n) is 4.51. The lowest BCUT2D eigenvalue weighted by Crippen LogP contribution is -2.39. The number of carbonyl (C=O) groups is 2. The Balaban J connectivity index is 1.60. The van der Waals surface area contributed by atoms with E-state index in [2.05, 4.69) is 5.32 Å². The molecule has 3 unspecified atom stereocenters. The molecular formula is C15H20N2O5S. The Morgan fingerprint density at radius 2 is 2.26 bits per heavy atom. The fraction of sp³-hybridized carbons (Fsp3) is 0.600. The lowest BCUT2D eigenvalue weighted by atomic mass is 10.1. The number of hydrogen-bond donors (Lipinski definition) is 1. The smallest absolute Gasteiger partial charge is 0.226 e. The van der Waals surface area contributed by atoms with E-state index in [0.29, 0.717) is 12.2 Å². The summed E-state index contributed by atoms with van der Waals surface area (Å²) >= 11 is 0. The van der Waals surface area contributed by atoms with E-state index >= 15 is 0 Å². The Bertz CT molecular complexity index is 697. The number of likely N-dealkylation sites (tertiary alicyclic amines) is 1. The molecule has 1 aromatic rings. The summed E-state index contributed by atoms with van der Waals surface area (Å²) in [5.74, 6) is -0.00267. The molecule has 2 saturated heterocycles. The van der Waals surface area contributed by atoms with Gasteiger partial charge in [0.15, 0.2) is 9.84 Å². The SMILES string of the molecule is CC(NC(=O)C1CC(=O)N(C2CCS(=O)(=O)C2)C1)c1ccco1. The Morgan fingerprint density at radius 3 is 2.87 bits per heavy atom. The maximum Gasteiger partial charge on any atom is 0.226 e. The first-order valence-corrected chi connectivity index (χ1v) is 9.51. The Hall–Kier alpha value is -1.83. The molecule has 8 heteroatoms. The molecule has 0 bridgehead atoms. The molecule has 126 valence electrons. The van der Waals surface area contributed by atoms with E-state index < -0.39 is 15.8 Å². The van der Waals surface area contributed by atoms with Gasteiger partial charge in [0.25, 0.3) is 0 Å². The topological polar surface area (TPSA) is 96.7 Å². The minimum atomic E-state index is -3.05. The van der Waals surface area contributed by atoms with Gasteiger partial charge in [-0.2, -0.15) is 0 Å². The summed E-state index contributed by atoms with van der Waals surface area (Å²) in [5, 5.41) is 2.84. The van der Waals surface area contributed by atoms with Gasteiger partial charge in [-0.05, 0) is 25.5 Å². The number of nitrogens with one attached hydrogen (secondary N) is 1. The van der Waals surface area contributed by atoms with E-state index in [0.717, 1.165) is 0 Å². The van der Waals surface area contributed by atoms with E-state index in [1.165, 1.54) is 0 Å². The first kappa shape index (κ1) is 16.0. The van der Waals surface area contributed by atoms with Crippen molar-refractivity contribution in [2.24, 2.45) is 5.92 Å². The van der Waals surface area contributed by atoms with E-state index in [1.54, 1.807) is 23.3 Å². The minimum absolute atomic E-state index is 0.00980. The van der Waals surface area contributed by atoms with Crippen molar-refractivity contribution in [3.05, 3.63) is 24.2 Å². The van der Waals surface area contributed by atoms with Crippen LogP contribution in [0.2, 0.25) is 0 Å². The molecule has 7 nitrogen and oxygen atoms in total. The predicted molar refractivity (Wildman–Crippen MR) is 82.1 cm³/mol. The molecule has 1 aromatic heterocycles. The number of hydrogen-bond acceptors (Lipinski definition) is 5. The first-order valence-electron chi connectivity index (χ1n) is 7.69. The number of nitrogens with zero attached hydrogens (tertiary/aromatic N) is 1. The van der Waals surface area contributed by atoms with Crippen molar-refractivity contribution in [2.75, 3.05) is 18.1 Å². The third kappa shape index (κ3) is 3.41. The van der Waals surface area contributed by atoms with Crippen molar-refractivity contribution in [3.63, 3.8) is 0 Å². The first-order chi connectivity index (χ1) is 10.9. The largest absolute Gasteiger partial charge is 0.467 e. The zero-order valence-corrected chi connectivity index (χ0v) is 13.7. The van der Waals surface area contributed by atoms with Crippen molar-refractivity contribution in [3.8, 4) is 0 Å². The number of rotatable bonds is 4. The molecule has 1 N–H and O–H groups in total. The van der Waals surface area contributed by atoms with Crippen LogP contribution in [0.4, 0.5) is 0 Å². The molecule has 2 aliphatic heterocycles. The average Bonchev–Trinajstić information content (AvgIpc) is 3.18. The fourth-order valence-corrected chi connectivity index (χ4v) is 4.95. The van der Waals surface area contributed by atoms with Crippen LogP contribution in [0.15, 0.2) is 22.8 Å². The molecule has 2 amide bonds. The van der Waals surface area contributed by atoms with Gasteiger partial charge in [0.2, 0.25) is 11.8 Å². The highest BCUT2D eigenvalue weighted by molar-refractivity contribution is 7.91. The maximum atomic E-state index is 12.3. The summed E-state index contributed by atoms with van der Waals surface area (Å²) in [6, 6.07) is 2.97. The van der Waals surface area contributed by atoms with Crippen LogP contribution in [0.3, 0.4) is 0 Å². The quantitative estimate of drug-likeness (QED) is 0.860. The van der Waals surface area contributed by atoms with Gasteiger partial charge < -0.3 is 14.6 Å². The lowest BCUT2D eigenvalue weighted by molar-refractivity contribution is -0.130. The Morgan fingerprint density at radius 1 is 1.48 bits per heavy atom. The summed E-state index contributed by atoms with van der Waals surface area (Å²) in [5.41, 5.74) is 0. The van der Waals surface area contributed by atoms with Gasteiger partial charge in [-0.1, -0.05) is 0 Å². The highest BCUT2D eigenvalue weighted by Crippen LogP contribution is 2.26. The second kappa shape index (κ2) is 5.99. The zero-order valence-electron chi connectivity index (χ0n) is 12.9. The van der Waals surface area contributed by atoms with Crippen LogP contribution in [0, 0.1) is 5.92 Å². The summed E-state index contributed by atoms with van der Waals surface area (Å²) in [7, 11) is -3.05. The third-order valence-corrected chi connectivity index (χ3v) is 6.26. The molecule has 3 rings (SSSR count). The highest BCUT2D eigenvalue weighted by atomic mass is 32.2. The van der Waals surface area contributed by atoms with Gasteiger partial charge in [0.05, 0.1) is 29.7 Å². The molecule has 0 spiro atoms. The second-order valence-corrected chi connectivity index (χ2v) is 8.48. The fourth-order valence-electron chi connectivity index (χ4n) is 3.22. The standard InChI is InChI=1S/C15H20N2O5S/c1-10(13-3-2-5-22-13)16-15(19)11-7-14(18)17(8-11)12-4-6-23(20,21)9-12/h2-3,5,10-12H,4,6-9H2,1H3,(H,16,19). The van der Waals surface area contributed by atoms with Gasteiger partial charge in [-0.3, -0.25) is 9.59 Å². The minimum Gasteiger partial charge on any atom is -0.467 e. The van der Waals surface area contributed by atoms with Crippen molar-refractivity contribution in [1.82, 2.24) is 10.2 Å². The Labute approximate surface area is 134 Å². The maximum absolute atomic E-state index is 12.3. The summed E-state index contributed by atoms with van der Waals surface area (Å²) in [6.45, 7) is 2.10. The van der Waals surface area contributed by atoms with Gasteiger partial charge >= 0.3 is 0 Å². The van der Waals surface area contributed by atoms with E-state index in [4.69, 9.17) is 4.42 Å². The van der Waals surface area contributed by atoms with Gasteiger partial charge in [0.1, 0.15) is 5.76 Å². The van der Waals surface area contributed by atoms with Crippen LogP contribution >= 0.6 is 0 Å². The molecule has 2 fully saturated rings. The summed E-state index contributed by atoms with van der Waals surface area (Å²) < 4.78 is 28.4. The molecule has 3 atom stereocenters. The second-order valence-electron chi connectivity index (χ2n) is 6.25. The van der Waals surface area contributed by atoms with Gasteiger partial charge in [-0.15, -0.1) is 0 Å². The number of carbonyl (C=O) groups excluding carboxylic acids is 2. The number of furan rings is 1. The van der Waals surface area contributed by atoms with Crippen LogP contribution in [-0.2, 0) is 19.4 Å². The molecule has 0 radical (unpaired) electrons. The molecule has 3 heterocycles. The molecule has 0 aliphatic carbocycles. The van der Waals surface area contributed by atoms with E-state index in [-0.39, 0.29) is 48.4 Å². The van der Waals surface area contributed by atoms with E-state index in [9.17, 15) is 18.0 Å². The molecule has 2 aliphatic rings. The van der Waals surface area contributed by atoms with Gasteiger partial charge in [0, 0.05) is 19.0 Å². The highest BCUT2D eigenvalue weighted by Gasteiger charge is 2.42. The Kier molecular flexibility index (Phi) is 4.18. The molecule has 0 aromatic carbocycles. The monoisotopic (exact) mass is 340 g/mol. The number of amides is 2. The van der Waals surface area contributed by atoms with Crippen LogP contribution in [0.25, 0.3) is 0 Å². The van der Waals surface area contributed by atoms with Crippen molar-refractivity contribution in [2.45, 2.75) is 31.8 Å². The van der Waals surface area contributed by atoms with Crippen LogP contribution in [-0.4, -0.2) is 49.2 Å². The van der Waals surface area contributed by atoms with Crippen molar-refractivity contribution in [1.29, 1.82) is 0 Å². The normalized spacial score (nSPS) is 28.0. The number of sulfone groups is 1. The molecular weight excluding hydrogens is 320 g/mol. The van der Waals surface area contributed by atoms with Crippen LogP contribution in [0.5, 0.6) is 0 Å². The van der Waals surface area contributed by atoms with Crippen LogP contribution < -0.4 is 5.32 Å².